The van der Waals surface area contributed by atoms with Gasteiger partial charge in [-0.3, -0.25) is 20.3 Å². The molecule has 55 heavy (non-hydrogen) atoms. The fraction of sp³-hybridized carbons (Fsp3) is 0.225. The molecule has 15 heteroatoms. The van der Waals surface area contributed by atoms with E-state index in [2.05, 4.69) is 108 Å². The van der Waals surface area contributed by atoms with E-state index in [9.17, 15) is 0 Å². The number of rotatable bonds is 0. The van der Waals surface area contributed by atoms with Gasteiger partial charge < -0.3 is 14.1 Å². The second-order valence-corrected chi connectivity index (χ2v) is 13.4. The summed E-state index contributed by atoms with van der Waals surface area (Å²) in [5.74, 6) is 0. The van der Waals surface area contributed by atoms with Crippen LogP contribution in [0.4, 0.5) is 0 Å². The minimum absolute atomic E-state index is 1.06. The molecule has 0 aliphatic carbocycles. The molecule has 0 aliphatic heterocycles. The largest absolute Gasteiger partial charge is 0.365 e. The summed E-state index contributed by atoms with van der Waals surface area (Å²) in [5.41, 5.74) is 8.25. The van der Waals surface area contributed by atoms with Crippen LogP contribution < -0.4 is 0 Å². The monoisotopic (exact) mass is 782 g/mol. The van der Waals surface area contributed by atoms with Gasteiger partial charge in [0.05, 0.1) is 31.2 Å². The minimum Gasteiger partial charge on any atom is -0.365 e. The molecule has 9 rings (SSSR count). The number of pyridine rings is 1. The Hall–Kier alpha value is -6.19. The van der Waals surface area contributed by atoms with E-state index in [1.165, 1.54) is 27.1 Å². The number of thiophene rings is 2. The normalized spacial score (nSPS) is 8.82. The molecule has 9 heterocycles. The lowest BCUT2D eigenvalue weighted by molar-refractivity contribution is 0.419. The Labute approximate surface area is 332 Å². The zero-order valence-corrected chi connectivity index (χ0v) is 34.7. The molecule has 0 spiro atoms. The highest BCUT2D eigenvalue weighted by atomic mass is 32.1. The predicted octanol–water partition coefficient (Wildman–Crippen LogP) is 9.78. The van der Waals surface area contributed by atoms with Crippen molar-refractivity contribution in [2.75, 3.05) is 0 Å². The van der Waals surface area contributed by atoms with E-state index in [4.69, 9.17) is 0 Å². The van der Waals surface area contributed by atoms with Gasteiger partial charge in [0.25, 0.3) is 0 Å². The molecule has 13 nitrogen and oxygen atoms in total. The third kappa shape index (κ3) is 30.0. The lowest BCUT2D eigenvalue weighted by atomic mass is 10.3. The van der Waals surface area contributed by atoms with Crippen LogP contribution >= 0.6 is 22.7 Å². The molecule has 0 saturated carbocycles. The van der Waals surface area contributed by atoms with E-state index in [1.807, 2.05) is 89.9 Å². The van der Waals surface area contributed by atoms with E-state index in [0.717, 1.165) is 17.0 Å². The number of aromatic nitrogens is 12. The number of aromatic amines is 4. The quantitative estimate of drug-likeness (QED) is 0.118. The van der Waals surface area contributed by atoms with Gasteiger partial charge in [-0.05, 0) is 124 Å². The van der Waals surface area contributed by atoms with E-state index in [-0.39, 0.29) is 0 Å². The van der Waals surface area contributed by atoms with Crippen molar-refractivity contribution >= 4 is 22.7 Å². The Balaban J connectivity index is 0.000000309. The lowest BCUT2D eigenvalue weighted by Crippen LogP contribution is -1.76. The number of aryl methyl sites for hydroxylation is 9. The van der Waals surface area contributed by atoms with Gasteiger partial charge in [-0.15, -0.1) is 11.3 Å². The van der Waals surface area contributed by atoms with Crippen molar-refractivity contribution in [3.05, 3.63) is 184 Å². The van der Waals surface area contributed by atoms with Gasteiger partial charge in [-0.2, -0.15) is 26.6 Å². The fourth-order valence-corrected chi connectivity index (χ4v) is 4.18. The number of H-pyrrole nitrogens is 4. The highest BCUT2D eigenvalue weighted by Gasteiger charge is 1.79. The molecule has 0 aromatic carbocycles. The molecule has 4 N–H and O–H groups in total. The molecule has 0 fully saturated rings. The molecule has 0 atom stereocenters. The highest BCUT2D eigenvalue weighted by molar-refractivity contribution is 7.09. The third-order valence-corrected chi connectivity index (χ3v) is 7.51. The maximum atomic E-state index is 4.46. The first-order chi connectivity index (χ1) is 26.5. The maximum Gasteiger partial charge on any atom is 0.126 e. The summed E-state index contributed by atoms with van der Waals surface area (Å²) in [7, 11) is 1.94. The van der Waals surface area contributed by atoms with Gasteiger partial charge in [0.15, 0.2) is 0 Å². The second-order valence-electron chi connectivity index (χ2n) is 11.5. The second kappa shape index (κ2) is 31.3. The van der Waals surface area contributed by atoms with E-state index in [0.29, 0.717) is 0 Å². The summed E-state index contributed by atoms with van der Waals surface area (Å²) in [5, 5.41) is 28.9. The van der Waals surface area contributed by atoms with Gasteiger partial charge in [0, 0.05) is 78.5 Å². The zero-order valence-electron chi connectivity index (χ0n) is 33.1. The summed E-state index contributed by atoms with van der Waals surface area (Å²) >= 11 is 3.52. The van der Waals surface area contributed by atoms with Gasteiger partial charge in [-0.1, -0.05) is 11.2 Å². The third-order valence-electron chi connectivity index (χ3n) is 5.91. The lowest BCUT2D eigenvalue weighted by Gasteiger charge is -1.82. The topological polar surface area (TPSA) is 171 Å². The van der Waals surface area contributed by atoms with Crippen LogP contribution in [0, 0.1) is 55.4 Å². The van der Waals surface area contributed by atoms with Crippen molar-refractivity contribution in [3.63, 3.8) is 0 Å². The van der Waals surface area contributed by atoms with E-state index < -0.39 is 0 Å². The van der Waals surface area contributed by atoms with Crippen molar-refractivity contribution in [2.45, 2.75) is 55.4 Å². The Morgan fingerprint density at radius 2 is 1.33 bits per heavy atom. The number of hydrogen-bond acceptors (Lipinski definition) is 10. The summed E-state index contributed by atoms with van der Waals surface area (Å²) in [4.78, 5) is 15.7. The molecule has 0 radical (unpaired) electrons. The molecular formula is C40H54N12OS2. The van der Waals surface area contributed by atoms with E-state index in [1.54, 1.807) is 91.2 Å². The molecule has 0 unspecified atom stereocenters. The average molecular weight is 783 g/mol. The first-order valence-electron chi connectivity index (χ1n) is 17.0. The minimum atomic E-state index is 1.06. The first kappa shape index (κ1) is 46.8. The smallest absolute Gasteiger partial charge is 0.126 e. The van der Waals surface area contributed by atoms with Crippen molar-refractivity contribution in [2.24, 2.45) is 7.05 Å². The van der Waals surface area contributed by atoms with Crippen LogP contribution in [0.1, 0.15) is 44.1 Å². The van der Waals surface area contributed by atoms with Gasteiger partial charge in [0.1, 0.15) is 6.26 Å². The van der Waals surface area contributed by atoms with Gasteiger partial charge in [0.2, 0.25) is 0 Å². The Bertz CT molecular complexity index is 1570. The van der Waals surface area contributed by atoms with Crippen LogP contribution in [-0.4, -0.2) is 60.3 Å². The Kier molecular flexibility index (Phi) is 26.7. The predicted molar refractivity (Wildman–Crippen MR) is 225 cm³/mol. The Morgan fingerprint density at radius 1 is 0.618 bits per heavy atom. The summed E-state index contributed by atoms with van der Waals surface area (Å²) < 4.78 is 6.35. The summed E-state index contributed by atoms with van der Waals surface area (Å²) in [6, 6.07) is 12.1. The molecule has 0 saturated heterocycles. The molecular weight excluding hydrogens is 729 g/mol. The zero-order chi connectivity index (χ0) is 40.4. The van der Waals surface area contributed by atoms with Crippen molar-refractivity contribution in [1.29, 1.82) is 0 Å². The number of nitrogens with zero attached hydrogens (tertiary/aromatic N) is 8. The van der Waals surface area contributed by atoms with Crippen molar-refractivity contribution in [3.8, 4) is 0 Å². The highest BCUT2D eigenvalue weighted by Crippen LogP contribution is 2.04. The summed E-state index contributed by atoms with van der Waals surface area (Å²) in [6.45, 7) is 16.1. The number of hydrogen-bond donors (Lipinski definition) is 4. The van der Waals surface area contributed by atoms with Crippen LogP contribution in [0.5, 0.6) is 0 Å². The van der Waals surface area contributed by atoms with Crippen LogP contribution in [0.25, 0.3) is 0 Å². The van der Waals surface area contributed by atoms with Crippen LogP contribution in [0.2, 0.25) is 0 Å². The SMILES string of the molecule is Cc1cccs1.Cc1ccn[nH]1.Cc1ccncc1.Cc1ccsc1.Cc1cn[nH]c1.Cc1cn[nH]c1.Cc1cnc[nH]1.Cc1cnoc1.Cn1ccnc1. The number of imidazole rings is 2. The molecule has 292 valence electrons. The van der Waals surface area contributed by atoms with Crippen LogP contribution in [-0.2, 0) is 7.05 Å². The summed E-state index contributed by atoms with van der Waals surface area (Å²) in [6.07, 6.45) is 24.6. The first-order valence-corrected chi connectivity index (χ1v) is 18.8. The molecule has 0 aliphatic rings. The van der Waals surface area contributed by atoms with Crippen molar-refractivity contribution < 1.29 is 4.52 Å². The molecule has 0 amide bonds. The fourth-order valence-electron chi connectivity index (χ4n) is 2.98. The number of nitrogens with one attached hydrogen (secondary N) is 4. The molecule has 9 aromatic rings. The van der Waals surface area contributed by atoms with Gasteiger partial charge >= 0.3 is 0 Å². The van der Waals surface area contributed by atoms with Crippen LogP contribution in [0.15, 0.2) is 144 Å². The maximum absolute atomic E-state index is 4.46. The van der Waals surface area contributed by atoms with Gasteiger partial charge in [-0.25, -0.2) is 9.97 Å². The molecule has 9 aromatic heterocycles. The van der Waals surface area contributed by atoms with E-state index >= 15 is 0 Å². The Morgan fingerprint density at radius 3 is 1.49 bits per heavy atom. The molecule has 0 bridgehead atoms. The van der Waals surface area contributed by atoms with Crippen molar-refractivity contribution in [1.82, 2.24) is 60.3 Å². The van der Waals surface area contributed by atoms with Crippen LogP contribution in [0.3, 0.4) is 0 Å². The average Bonchev–Trinajstić information content (AvgIpc) is 4.01. The standard InChI is InChI=1S/C6H7N.2C5H6S.5C4H6N2.C4H5NO/c1-6-2-4-7-5-3-6;1-5-2-3-6-4-5;1-5-3-2-4-6-5;1-4-2-5-3-6-4;2*1-4-2-5-6-3-4;1-6-3-2-5-4-6;1-4-2-3-5-6-4;1-4-2-5-6-3-4/h2-5H,1H3;2*2-4H,1H3;3*2-3H,1H3,(H,5,6);2-4H,1H3;2-3H,1H3,(H,5,6);2-3H,1H3.